The van der Waals surface area contributed by atoms with Crippen molar-refractivity contribution in [2.45, 2.75) is 52.9 Å². The molecule has 0 N–H and O–H groups in total. The van der Waals surface area contributed by atoms with Gasteiger partial charge in [-0.05, 0) is 18.3 Å². The molecule has 0 saturated heterocycles. The molecule has 0 aromatic carbocycles. The summed E-state index contributed by atoms with van der Waals surface area (Å²) in [6, 6.07) is 0. The van der Waals surface area contributed by atoms with Gasteiger partial charge >= 0.3 is 0 Å². The summed E-state index contributed by atoms with van der Waals surface area (Å²) in [6.07, 6.45) is 6.68. The molecule has 0 aromatic heterocycles. The van der Waals surface area contributed by atoms with Gasteiger partial charge in [-0.1, -0.05) is 46.5 Å². The normalized spacial score (nSPS) is 13.6. The first-order valence-corrected chi connectivity index (χ1v) is 5.69. The SMILES string of the molecule is CCCC(CCOC)CCC(C)C. The lowest BCUT2D eigenvalue weighted by Gasteiger charge is -2.16. The first kappa shape index (κ1) is 13.0. The molecule has 0 heterocycles. The molecule has 1 nitrogen and oxygen atoms in total. The van der Waals surface area contributed by atoms with E-state index in [1.807, 2.05) is 0 Å². The molecule has 0 amide bonds. The number of hydrogen-bond acceptors (Lipinski definition) is 1. The highest BCUT2D eigenvalue weighted by molar-refractivity contribution is 4.60. The van der Waals surface area contributed by atoms with Gasteiger partial charge in [0.25, 0.3) is 0 Å². The lowest BCUT2D eigenvalue weighted by Crippen LogP contribution is -2.05. The quantitative estimate of drug-likeness (QED) is 0.559. The van der Waals surface area contributed by atoms with Crippen LogP contribution < -0.4 is 0 Å². The lowest BCUT2D eigenvalue weighted by molar-refractivity contribution is 0.170. The summed E-state index contributed by atoms with van der Waals surface area (Å²) in [4.78, 5) is 0. The van der Waals surface area contributed by atoms with E-state index in [2.05, 4.69) is 20.8 Å². The number of ether oxygens (including phenoxy) is 1. The molecule has 0 aliphatic rings. The number of rotatable bonds is 8. The summed E-state index contributed by atoms with van der Waals surface area (Å²) >= 11 is 0. The van der Waals surface area contributed by atoms with Crippen molar-refractivity contribution in [1.82, 2.24) is 0 Å². The molecule has 0 aliphatic carbocycles. The molecular formula is C12H26O. The molecule has 0 fully saturated rings. The van der Waals surface area contributed by atoms with Gasteiger partial charge in [0, 0.05) is 13.7 Å². The molecule has 0 aromatic rings. The van der Waals surface area contributed by atoms with Crippen LogP contribution in [0.5, 0.6) is 0 Å². The molecule has 0 aliphatic heterocycles. The average molecular weight is 186 g/mol. The van der Waals surface area contributed by atoms with Gasteiger partial charge in [-0.15, -0.1) is 0 Å². The van der Waals surface area contributed by atoms with E-state index in [1.165, 1.54) is 32.1 Å². The first-order valence-electron chi connectivity index (χ1n) is 5.69. The smallest absolute Gasteiger partial charge is 0.0464 e. The lowest BCUT2D eigenvalue weighted by atomic mass is 9.92. The summed E-state index contributed by atoms with van der Waals surface area (Å²) in [5.41, 5.74) is 0. The fraction of sp³-hybridized carbons (Fsp3) is 1.00. The van der Waals surface area contributed by atoms with Gasteiger partial charge in [0.2, 0.25) is 0 Å². The standard InChI is InChI=1S/C12H26O/c1-5-6-12(9-10-13-4)8-7-11(2)3/h11-12H,5-10H2,1-4H3. The van der Waals surface area contributed by atoms with Crippen LogP contribution in [0, 0.1) is 11.8 Å². The van der Waals surface area contributed by atoms with Crippen LogP contribution in [0.4, 0.5) is 0 Å². The minimum absolute atomic E-state index is 0.849. The van der Waals surface area contributed by atoms with E-state index in [0.29, 0.717) is 0 Å². The van der Waals surface area contributed by atoms with Crippen LogP contribution in [0.2, 0.25) is 0 Å². The summed E-state index contributed by atoms with van der Waals surface area (Å²) in [5, 5.41) is 0. The molecule has 80 valence electrons. The Kier molecular flexibility index (Phi) is 8.53. The highest BCUT2D eigenvalue weighted by Crippen LogP contribution is 2.20. The van der Waals surface area contributed by atoms with Crippen LogP contribution in [0.1, 0.15) is 52.9 Å². The Balaban J connectivity index is 3.53. The van der Waals surface area contributed by atoms with Gasteiger partial charge in [-0.2, -0.15) is 0 Å². The molecular weight excluding hydrogens is 160 g/mol. The van der Waals surface area contributed by atoms with E-state index < -0.39 is 0 Å². The van der Waals surface area contributed by atoms with Crippen molar-refractivity contribution in [2.75, 3.05) is 13.7 Å². The van der Waals surface area contributed by atoms with E-state index in [4.69, 9.17) is 4.74 Å². The fourth-order valence-corrected chi connectivity index (χ4v) is 1.69. The zero-order chi connectivity index (χ0) is 10.1. The zero-order valence-electron chi connectivity index (χ0n) is 9.81. The van der Waals surface area contributed by atoms with E-state index in [-0.39, 0.29) is 0 Å². The Labute approximate surface area is 83.9 Å². The van der Waals surface area contributed by atoms with Crippen molar-refractivity contribution in [2.24, 2.45) is 11.8 Å². The first-order chi connectivity index (χ1) is 6.20. The number of hydrogen-bond donors (Lipinski definition) is 0. The fourth-order valence-electron chi connectivity index (χ4n) is 1.69. The van der Waals surface area contributed by atoms with Crippen LogP contribution in [-0.4, -0.2) is 13.7 Å². The Hall–Kier alpha value is -0.0400. The van der Waals surface area contributed by atoms with E-state index >= 15 is 0 Å². The van der Waals surface area contributed by atoms with Crippen molar-refractivity contribution >= 4 is 0 Å². The molecule has 0 radical (unpaired) electrons. The van der Waals surface area contributed by atoms with Crippen molar-refractivity contribution < 1.29 is 4.74 Å². The third-order valence-electron chi connectivity index (χ3n) is 2.58. The molecule has 1 atom stereocenters. The van der Waals surface area contributed by atoms with Crippen molar-refractivity contribution in [3.8, 4) is 0 Å². The molecule has 0 spiro atoms. The van der Waals surface area contributed by atoms with E-state index in [0.717, 1.165) is 18.4 Å². The maximum atomic E-state index is 5.13. The third kappa shape index (κ3) is 8.29. The van der Waals surface area contributed by atoms with Crippen LogP contribution in [0.25, 0.3) is 0 Å². The topological polar surface area (TPSA) is 9.23 Å². The van der Waals surface area contributed by atoms with E-state index in [1.54, 1.807) is 7.11 Å². The highest BCUT2D eigenvalue weighted by atomic mass is 16.5. The summed E-state index contributed by atoms with van der Waals surface area (Å²) in [6.45, 7) is 7.82. The maximum Gasteiger partial charge on any atom is 0.0464 e. The van der Waals surface area contributed by atoms with Crippen molar-refractivity contribution in [3.05, 3.63) is 0 Å². The van der Waals surface area contributed by atoms with Crippen LogP contribution in [-0.2, 0) is 4.74 Å². The monoisotopic (exact) mass is 186 g/mol. The van der Waals surface area contributed by atoms with E-state index in [9.17, 15) is 0 Å². The highest BCUT2D eigenvalue weighted by Gasteiger charge is 2.08. The Morgan fingerprint density at radius 3 is 2.15 bits per heavy atom. The largest absolute Gasteiger partial charge is 0.385 e. The zero-order valence-corrected chi connectivity index (χ0v) is 9.81. The van der Waals surface area contributed by atoms with Crippen molar-refractivity contribution in [1.29, 1.82) is 0 Å². The van der Waals surface area contributed by atoms with Gasteiger partial charge in [0.1, 0.15) is 0 Å². The van der Waals surface area contributed by atoms with Gasteiger partial charge in [0.05, 0.1) is 0 Å². The molecule has 0 saturated carbocycles. The van der Waals surface area contributed by atoms with Crippen LogP contribution in [0.15, 0.2) is 0 Å². The molecule has 0 rings (SSSR count). The molecule has 1 unspecified atom stereocenters. The Morgan fingerprint density at radius 1 is 1.00 bits per heavy atom. The Morgan fingerprint density at radius 2 is 1.69 bits per heavy atom. The third-order valence-corrected chi connectivity index (χ3v) is 2.58. The second-order valence-corrected chi connectivity index (χ2v) is 4.41. The van der Waals surface area contributed by atoms with Gasteiger partial charge in [-0.3, -0.25) is 0 Å². The predicted molar refractivity (Wildman–Crippen MR) is 59.0 cm³/mol. The second kappa shape index (κ2) is 8.55. The van der Waals surface area contributed by atoms with Crippen molar-refractivity contribution in [3.63, 3.8) is 0 Å². The molecule has 0 bridgehead atoms. The maximum absolute atomic E-state index is 5.13. The van der Waals surface area contributed by atoms with Gasteiger partial charge < -0.3 is 4.74 Å². The van der Waals surface area contributed by atoms with Gasteiger partial charge in [0.15, 0.2) is 0 Å². The minimum Gasteiger partial charge on any atom is -0.385 e. The summed E-state index contributed by atoms with van der Waals surface area (Å²) in [7, 11) is 1.80. The molecule has 1 heteroatoms. The molecule has 13 heavy (non-hydrogen) atoms. The van der Waals surface area contributed by atoms with Crippen LogP contribution >= 0.6 is 0 Å². The predicted octanol–water partition coefficient (Wildman–Crippen LogP) is 3.88. The Bertz CT molecular complexity index is 99.3. The van der Waals surface area contributed by atoms with Crippen LogP contribution in [0.3, 0.4) is 0 Å². The summed E-state index contributed by atoms with van der Waals surface area (Å²) in [5.74, 6) is 1.74. The minimum atomic E-state index is 0.849. The second-order valence-electron chi connectivity index (χ2n) is 4.41. The average Bonchev–Trinajstić information content (AvgIpc) is 2.09. The summed E-state index contributed by atoms with van der Waals surface area (Å²) < 4.78 is 5.13. The van der Waals surface area contributed by atoms with Gasteiger partial charge in [-0.25, -0.2) is 0 Å². The number of methoxy groups -OCH3 is 1.